The standard InChI is InChI=1S/C26H25ClFN3O3/c27-22-13-20(28)7-8-21(22)26(10-1-2-11-26)12-9-23-29-24(30-34-23)18-5-3-17(4-6-18)14-31-15-19(16-31)25(32)33/h3-9,12-13,19H,1-2,10-11,14-16H2,(H,32,33). The van der Waals surface area contributed by atoms with E-state index in [0.29, 0.717) is 29.8 Å². The summed E-state index contributed by atoms with van der Waals surface area (Å²) in [5.74, 6) is -0.418. The zero-order chi connectivity index (χ0) is 23.7. The van der Waals surface area contributed by atoms with E-state index in [1.54, 1.807) is 6.07 Å². The molecule has 0 amide bonds. The molecule has 0 atom stereocenters. The third-order valence-corrected chi connectivity index (χ3v) is 7.19. The molecule has 0 spiro atoms. The molecule has 1 aromatic heterocycles. The summed E-state index contributed by atoms with van der Waals surface area (Å²) in [4.78, 5) is 17.6. The Hall–Kier alpha value is -3.03. The first-order valence-corrected chi connectivity index (χ1v) is 11.8. The highest BCUT2D eigenvalue weighted by Gasteiger charge is 2.35. The van der Waals surface area contributed by atoms with Gasteiger partial charge in [-0.25, -0.2) is 4.39 Å². The topological polar surface area (TPSA) is 79.5 Å². The average Bonchev–Trinajstić information content (AvgIpc) is 3.45. The molecule has 0 bridgehead atoms. The van der Waals surface area contributed by atoms with Crippen LogP contribution in [-0.2, 0) is 16.8 Å². The lowest BCUT2D eigenvalue weighted by atomic mass is 9.78. The number of rotatable bonds is 7. The van der Waals surface area contributed by atoms with Crippen molar-refractivity contribution in [1.29, 1.82) is 0 Å². The predicted octanol–water partition coefficient (Wildman–Crippen LogP) is 5.57. The molecule has 0 unspecified atom stereocenters. The van der Waals surface area contributed by atoms with E-state index in [9.17, 15) is 9.18 Å². The molecule has 1 aliphatic carbocycles. The fraction of sp³-hybridized carbons (Fsp3) is 0.346. The van der Waals surface area contributed by atoms with Gasteiger partial charge < -0.3 is 9.63 Å². The Morgan fingerprint density at radius 1 is 1.21 bits per heavy atom. The molecule has 2 aromatic carbocycles. The number of carbonyl (C=O) groups is 1. The fourth-order valence-electron chi connectivity index (χ4n) is 4.95. The number of nitrogens with zero attached hydrogens (tertiary/aromatic N) is 3. The number of aliphatic carboxylic acids is 1. The average molecular weight is 482 g/mol. The van der Waals surface area contributed by atoms with Crippen LogP contribution in [0.4, 0.5) is 4.39 Å². The zero-order valence-electron chi connectivity index (χ0n) is 18.6. The van der Waals surface area contributed by atoms with Crippen LogP contribution >= 0.6 is 11.6 Å². The van der Waals surface area contributed by atoms with Crippen LogP contribution in [0.3, 0.4) is 0 Å². The Bertz CT molecular complexity index is 1210. The van der Waals surface area contributed by atoms with Gasteiger partial charge in [0.1, 0.15) is 5.82 Å². The number of likely N-dealkylation sites (tertiary alicyclic amines) is 1. The van der Waals surface area contributed by atoms with E-state index < -0.39 is 5.97 Å². The number of carboxylic acids is 1. The molecule has 2 aliphatic rings. The number of aromatic nitrogens is 2. The zero-order valence-corrected chi connectivity index (χ0v) is 19.3. The molecule has 5 rings (SSSR count). The van der Waals surface area contributed by atoms with E-state index in [2.05, 4.69) is 21.1 Å². The summed E-state index contributed by atoms with van der Waals surface area (Å²) >= 11 is 6.39. The Kier molecular flexibility index (Phi) is 6.23. The predicted molar refractivity (Wildman–Crippen MR) is 127 cm³/mol. The first-order valence-electron chi connectivity index (χ1n) is 11.4. The highest BCUT2D eigenvalue weighted by Crippen LogP contribution is 2.45. The lowest BCUT2D eigenvalue weighted by Crippen LogP contribution is -2.49. The number of allylic oxidation sites excluding steroid dienone is 1. The minimum atomic E-state index is -0.729. The number of hydrogen-bond acceptors (Lipinski definition) is 5. The van der Waals surface area contributed by atoms with Gasteiger partial charge in [0.15, 0.2) is 0 Å². The van der Waals surface area contributed by atoms with Crippen molar-refractivity contribution in [2.45, 2.75) is 37.6 Å². The summed E-state index contributed by atoms with van der Waals surface area (Å²) in [6.07, 6.45) is 7.92. The van der Waals surface area contributed by atoms with Crippen molar-refractivity contribution < 1.29 is 18.8 Å². The minimum absolute atomic E-state index is 0.257. The summed E-state index contributed by atoms with van der Waals surface area (Å²) < 4.78 is 19.0. The van der Waals surface area contributed by atoms with Gasteiger partial charge in [0.05, 0.1) is 5.92 Å². The van der Waals surface area contributed by atoms with E-state index in [4.69, 9.17) is 21.2 Å². The highest BCUT2D eigenvalue weighted by molar-refractivity contribution is 6.31. The summed E-state index contributed by atoms with van der Waals surface area (Å²) in [7, 11) is 0. The summed E-state index contributed by atoms with van der Waals surface area (Å²) in [6, 6.07) is 12.5. The van der Waals surface area contributed by atoms with Gasteiger partial charge in [0.25, 0.3) is 5.89 Å². The van der Waals surface area contributed by atoms with E-state index in [0.717, 1.165) is 48.9 Å². The lowest BCUT2D eigenvalue weighted by Gasteiger charge is -2.36. The Labute approximate surface area is 202 Å². The quantitative estimate of drug-likeness (QED) is 0.475. The normalized spacial score (nSPS) is 18.4. The van der Waals surface area contributed by atoms with E-state index in [1.807, 2.05) is 30.3 Å². The molecule has 8 heteroatoms. The molecule has 1 aliphatic heterocycles. The molecule has 34 heavy (non-hydrogen) atoms. The monoisotopic (exact) mass is 481 g/mol. The second kappa shape index (κ2) is 9.31. The second-order valence-electron chi connectivity index (χ2n) is 9.20. The Balaban J connectivity index is 1.27. The number of halogens is 2. The smallest absolute Gasteiger partial charge is 0.309 e. The lowest BCUT2D eigenvalue weighted by molar-refractivity contribution is -0.147. The highest BCUT2D eigenvalue weighted by atomic mass is 35.5. The third kappa shape index (κ3) is 4.63. The van der Waals surface area contributed by atoms with E-state index >= 15 is 0 Å². The van der Waals surface area contributed by atoms with Crippen LogP contribution < -0.4 is 0 Å². The maximum Gasteiger partial charge on any atom is 0.309 e. The molecule has 2 heterocycles. The molecular weight excluding hydrogens is 457 g/mol. The summed E-state index contributed by atoms with van der Waals surface area (Å²) in [5.41, 5.74) is 2.61. The largest absolute Gasteiger partial charge is 0.481 e. The first kappa shape index (κ1) is 22.7. The van der Waals surface area contributed by atoms with Gasteiger partial charge >= 0.3 is 5.97 Å². The Morgan fingerprint density at radius 3 is 2.62 bits per heavy atom. The summed E-state index contributed by atoms with van der Waals surface area (Å²) in [6.45, 7) is 1.89. The van der Waals surface area contributed by atoms with Crippen molar-refractivity contribution in [2.24, 2.45) is 5.92 Å². The van der Waals surface area contributed by atoms with Crippen LogP contribution in [0.25, 0.3) is 17.5 Å². The van der Waals surface area contributed by atoms with Gasteiger partial charge in [0.2, 0.25) is 5.82 Å². The molecule has 1 saturated heterocycles. The number of hydrogen-bond donors (Lipinski definition) is 1. The number of benzene rings is 2. The van der Waals surface area contributed by atoms with Gasteiger partial charge in [-0.1, -0.05) is 66.0 Å². The van der Waals surface area contributed by atoms with Crippen molar-refractivity contribution in [3.05, 3.63) is 76.4 Å². The molecule has 6 nitrogen and oxygen atoms in total. The molecule has 1 saturated carbocycles. The number of carboxylic acid groups (broad SMARTS) is 1. The molecule has 1 N–H and O–H groups in total. The second-order valence-corrected chi connectivity index (χ2v) is 9.61. The Morgan fingerprint density at radius 2 is 1.94 bits per heavy atom. The maximum absolute atomic E-state index is 13.6. The van der Waals surface area contributed by atoms with Gasteiger partial charge in [-0.05, 0) is 36.1 Å². The van der Waals surface area contributed by atoms with Crippen molar-refractivity contribution in [3.63, 3.8) is 0 Å². The minimum Gasteiger partial charge on any atom is -0.481 e. The summed E-state index contributed by atoms with van der Waals surface area (Å²) in [5, 5.41) is 13.6. The van der Waals surface area contributed by atoms with Gasteiger partial charge in [-0.2, -0.15) is 4.98 Å². The molecule has 176 valence electrons. The van der Waals surface area contributed by atoms with Crippen LogP contribution in [0, 0.1) is 11.7 Å². The van der Waals surface area contributed by atoms with E-state index in [1.165, 1.54) is 12.1 Å². The van der Waals surface area contributed by atoms with Gasteiger partial charge in [-0.3, -0.25) is 9.69 Å². The van der Waals surface area contributed by atoms with Gasteiger partial charge in [-0.15, -0.1) is 0 Å². The van der Waals surface area contributed by atoms with Gasteiger partial charge in [0, 0.05) is 41.7 Å². The van der Waals surface area contributed by atoms with Crippen LogP contribution in [-0.4, -0.2) is 39.2 Å². The molecule has 2 fully saturated rings. The fourth-order valence-corrected chi connectivity index (χ4v) is 5.30. The van der Waals surface area contributed by atoms with Crippen LogP contribution in [0.5, 0.6) is 0 Å². The molecule has 3 aromatic rings. The van der Waals surface area contributed by atoms with Crippen LogP contribution in [0.15, 0.2) is 53.1 Å². The van der Waals surface area contributed by atoms with Crippen molar-refractivity contribution in [3.8, 4) is 11.4 Å². The first-order chi connectivity index (χ1) is 16.4. The van der Waals surface area contributed by atoms with Crippen molar-refractivity contribution >= 4 is 23.6 Å². The van der Waals surface area contributed by atoms with E-state index in [-0.39, 0.29) is 17.2 Å². The maximum atomic E-state index is 13.6. The van der Waals surface area contributed by atoms with Crippen LogP contribution in [0.2, 0.25) is 5.02 Å². The molecular formula is C26H25ClFN3O3. The SMILES string of the molecule is O=C(O)C1CN(Cc2ccc(-c3noc(C=CC4(c5ccc(F)cc5Cl)CCCC4)n3)cc2)C1. The van der Waals surface area contributed by atoms with Crippen molar-refractivity contribution in [2.75, 3.05) is 13.1 Å². The van der Waals surface area contributed by atoms with Crippen LogP contribution in [0.1, 0.15) is 42.7 Å². The third-order valence-electron chi connectivity index (χ3n) is 6.87. The van der Waals surface area contributed by atoms with Crippen molar-refractivity contribution in [1.82, 2.24) is 15.0 Å². The molecule has 0 radical (unpaired) electrons.